The lowest BCUT2D eigenvalue weighted by Crippen LogP contribution is -2.18. The lowest BCUT2D eigenvalue weighted by Gasteiger charge is -2.22. The minimum Gasteiger partial charge on any atom is -0.358 e. The van der Waals surface area contributed by atoms with Gasteiger partial charge in [-0.3, -0.25) is 0 Å². The first-order valence-corrected chi connectivity index (χ1v) is 6.29. The molecule has 2 aromatic rings. The zero-order valence-corrected chi connectivity index (χ0v) is 11.4. The Labute approximate surface area is 104 Å². The van der Waals surface area contributed by atoms with Crippen molar-refractivity contribution in [2.24, 2.45) is 0 Å². The van der Waals surface area contributed by atoms with Crippen molar-refractivity contribution in [3.8, 4) is 0 Å². The molecule has 0 aliphatic heterocycles. The molecule has 1 aromatic heterocycles. The van der Waals surface area contributed by atoms with Gasteiger partial charge in [-0.15, -0.1) is 0 Å². The van der Waals surface area contributed by atoms with Gasteiger partial charge in [0.1, 0.15) is 0 Å². The number of rotatable bonds is 3. The molecule has 0 spiro atoms. The van der Waals surface area contributed by atoms with Gasteiger partial charge in [-0.05, 0) is 38.6 Å². The maximum atomic E-state index is 3.57. The second kappa shape index (κ2) is 4.53. The number of nitrogens with one attached hydrogen (secondary N) is 1. The predicted octanol–water partition coefficient (Wildman–Crippen LogP) is 3.91. The van der Waals surface area contributed by atoms with Crippen LogP contribution in [0.5, 0.6) is 0 Å². The van der Waals surface area contributed by atoms with Crippen LogP contribution in [0.25, 0.3) is 10.9 Å². The van der Waals surface area contributed by atoms with Crippen LogP contribution in [0.2, 0.25) is 0 Å². The minimum absolute atomic E-state index is 0.434. The molecule has 0 bridgehead atoms. The Balaban J connectivity index is 2.68. The van der Waals surface area contributed by atoms with Gasteiger partial charge >= 0.3 is 0 Å². The summed E-state index contributed by atoms with van der Waals surface area (Å²) in [6.45, 7) is 6.76. The van der Waals surface area contributed by atoms with Crippen LogP contribution in [0.4, 0.5) is 0 Å². The molecule has 0 saturated heterocycles. The first-order chi connectivity index (χ1) is 8.02. The van der Waals surface area contributed by atoms with Crippen LogP contribution in [0, 0.1) is 0 Å². The molecule has 0 aliphatic carbocycles. The van der Waals surface area contributed by atoms with Crippen molar-refractivity contribution in [3.63, 3.8) is 0 Å². The molecule has 1 aromatic carbocycles. The van der Waals surface area contributed by atoms with E-state index in [9.17, 15) is 0 Å². The Morgan fingerprint density at radius 3 is 2.29 bits per heavy atom. The van der Waals surface area contributed by atoms with Gasteiger partial charge < -0.3 is 9.88 Å². The van der Waals surface area contributed by atoms with E-state index in [-0.39, 0.29) is 0 Å². The van der Waals surface area contributed by atoms with Crippen molar-refractivity contribution in [1.82, 2.24) is 9.88 Å². The van der Waals surface area contributed by atoms with E-state index in [2.05, 4.69) is 69.0 Å². The van der Waals surface area contributed by atoms with E-state index in [1.807, 2.05) is 0 Å². The van der Waals surface area contributed by atoms with Crippen LogP contribution in [-0.2, 0) is 0 Å². The van der Waals surface area contributed by atoms with Gasteiger partial charge in [0.2, 0.25) is 0 Å². The fraction of sp³-hybridized carbons (Fsp3) is 0.467. The quantitative estimate of drug-likeness (QED) is 0.847. The maximum Gasteiger partial charge on any atom is 0.0459 e. The number of aromatic amines is 1. The Morgan fingerprint density at radius 2 is 1.71 bits per heavy atom. The SMILES string of the molecule is CC(C)c1[nH]c2ccccc2c1C(C)N(C)C. The average molecular weight is 230 g/mol. The lowest BCUT2D eigenvalue weighted by molar-refractivity contribution is 0.320. The van der Waals surface area contributed by atoms with E-state index in [0.717, 1.165) is 0 Å². The van der Waals surface area contributed by atoms with E-state index in [0.29, 0.717) is 12.0 Å². The highest BCUT2D eigenvalue weighted by atomic mass is 15.1. The van der Waals surface area contributed by atoms with Gasteiger partial charge in [-0.1, -0.05) is 32.0 Å². The summed E-state index contributed by atoms with van der Waals surface area (Å²) >= 11 is 0. The molecular formula is C15H22N2. The van der Waals surface area contributed by atoms with Crippen molar-refractivity contribution in [2.75, 3.05) is 14.1 Å². The van der Waals surface area contributed by atoms with Gasteiger partial charge in [0.15, 0.2) is 0 Å². The molecular weight excluding hydrogens is 208 g/mol. The molecule has 0 amide bonds. The number of fused-ring (bicyclic) bond motifs is 1. The molecule has 1 heterocycles. The van der Waals surface area contributed by atoms with E-state index < -0.39 is 0 Å². The van der Waals surface area contributed by atoms with Crippen molar-refractivity contribution >= 4 is 10.9 Å². The van der Waals surface area contributed by atoms with Crippen LogP contribution in [0.1, 0.15) is 44.0 Å². The summed E-state index contributed by atoms with van der Waals surface area (Å²) in [5.41, 5.74) is 4.06. The standard InChI is InChI=1S/C15H22N2/c1-10(2)15-14(11(3)17(4)5)12-8-6-7-9-13(12)16-15/h6-11,16H,1-5H3. The third-order valence-corrected chi connectivity index (χ3v) is 3.55. The first-order valence-electron chi connectivity index (χ1n) is 6.29. The maximum absolute atomic E-state index is 3.57. The summed E-state index contributed by atoms with van der Waals surface area (Å²) in [6.07, 6.45) is 0. The van der Waals surface area contributed by atoms with Crippen LogP contribution in [0.3, 0.4) is 0 Å². The fourth-order valence-corrected chi connectivity index (χ4v) is 2.35. The van der Waals surface area contributed by atoms with Crippen LogP contribution in [-0.4, -0.2) is 24.0 Å². The third-order valence-electron chi connectivity index (χ3n) is 3.55. The minimum atomic E-state index is 0.434. The summed E-state index contributed by atoms with van der Waals surface area (Å²) in [5, 5.41) is 1.36. The Hall–Kier alpha value is -1.28. The summed E-state index contributed by atoms with van der Waals surface area (Å²) in [6, 6.07) is 9.02. The van der Waals surface area contributed by atoms with Crippen molar-refractivity contribution in [3.05, 3.63) is 35.5 Å². The lowest BCUT2D eigenvalue weighted by atomic mass is 9.98. The van der Waals surface area contributed by atoms with Crippen LogP contribution in [0.15, 0.2) is 24.3 Å². The summed E-state index contributed by atoms with van der Waals surface area (Å²) in [7, 11) is 4.27. The number of benzene rings is 1. The number of hydrogen-bond acceptors (Lipinski definition) is 1. The highest BCUT2D eigenvalue weighted by Gasteiger charge is 2.19. The second-order valence-electron chi connectivity index (χ2n) is 5.29. The Bertz CT molecular complexity index is 509. The molecule has 1 unspecified atom stereocenters. The highest BCUT2D eigenvalue weighted by Crippen LogP contribution is 2.33. The van der Waals surface area contributed by atoms with Crippen LogP contribution < -0.4 is 0 Å². The second-order valence-corrected chi connectivity index (χ2v) is 5.29. The number of para-hydroxylation sites is 1. The molecule has 2 nitrogen and oxygen atoms in total. The number of H-pyrrole nitrogens is 1. The number of nitrogens with zero attached hydrogens (tertiary/aromatic N) is 1. The van der Waals surface area contributed by atoms with E-state index >= 15 is 0 Å². The van der Waals surface area contributed by atoms with E-state index in [1.165, 1.54) is 22.2 Å². The summed E-state index contributed by atoms with van der Waals surface area (Å²) < 4.78 is 0. The van der Waals surface area contributed by atoms with Gasteiger partial charge in [0.05, 0.1) is 0 Å². The summed E-state index contributed by atoms with van der Waals surface area (Å²) in [5.74, 6) is 0.528. The summed E-state index contributed by atoms with van der Waals surface area (Å²) in [4.78, 5) is 5.84. The molecule has 2 rings (SSSR count). The van der Waals surface area contributed by atoms with Gasteiger partial charge in [0, 0.05) is 22.6 Å². The number of aromatic nitrogens is 1. The molecule has 0 radical (unpaired) electrons. The molecule has 17 heavy (non-hydrogen) atoms. The molecule has 1 atom stereocenters. The van der Waals surface area contributed by atoms with Crippen molar-refractivity contribution in [2.45, 2.75) is 32.7 Å². The number of hydrogen-bond donors (Lipinski definition) is 1. The molecule has 1 N–H and O–H groups in total. The Morgan fingerprint density at radius 1 is 1.06 bits per heavy atom. The zero-order chi connectivity index (χ0) is 12.6. The highest BCUT2D eigenvalue weighted by molar-refractivity contribution is 5.85. The average Bonchev–Trinajstić information content (AvgIpc) is 2.67. The van der Waals surface area contributed by atoms with Crippen molar-refractivity contribution < 1.29 is 0 Å². The van der Waals surface area contributed by atoms with Crippen LogP contribution >= 0.6 is 0 Å². The molecule has 2 heteroatoms. The topological polar surface area (TPSA) is 19.0 Å². The fourth-order valence-electron chi connectivity index (χ4n) is 2.35. The third kappa shape index (κ3) is 2.09. The van der Waals surface area contributed by atoms with Crippen molar-refractivity contribution in [1.29, 1.82) is 0 Å². The monoisotopic (exact) mass is 230 g/mol. The smallest absolute Gasteiger partial charge is 0.0459 e. The first kappa shape index (κ1) is 12.2. The Kier molecular flexibility index (Phi) is 3.25. The van der Waals surface area contributed by atoms with Gasteiger partial charge in [-0.2, -0.15) is 0 Å². The van der Waals surface area contributed by atoms with E-state index in [1.54, 1.807) is 0 Å². The molecule has 92 valence electrons. The normalized spacial score (nSPS) is 13.8. The molecule has 0 aliphatic rings. The molecule has 0 saturated carbocycles. The molecule has 0 fully saturated rings. The predicted molar refractivity (Wildman–Crippen MR) is 74.5 cm³/mol. The van der Waals surface area contributed by atoms with Gasteiger partial charge in [0.25, 0.3) is 0 Å². The largest absolute Gasteiger partial charge is 0.358 e. The van der Waals surface area contributed by atoms with E-state index in [4.69, 9.17) is 0 Å². The zero-order valence-electron chi connectivity index (χ0n) is 11.4. The van der Waals surface area contributed by atoms with Gasteiger partial charge in [-0.25, -0.2) is 0 Å².